The molecule has 7 aromatic rings. The molecule has 0 spiro atoms. The number of aromatic nitrogens is 4. The van der Waals surface area contributed by atoms with Crippen molar-refractivity contribution in [2.24, 2.45) is 0 Å². The van der Waals surface area contributed by atoms with Gasteiger partial charge in [-0.2, -0.15) is 0 Å². The summed E-state index contributed by atoms with van der Waals surface area (Å²) in [6.07, 6.45) is 8.27. The van der Waals surface area contributed by atoms with Gasteiger partial charge >= 0.3 is 17.1 Å². The molecule has 2 N–H and O–H groups in total. The van der Waals surface area contributed by atoms with Crippen LogP contribution in [0.1, 0.15) is 22.8 Å². The predicted octanol–water partition coefficient (Wildman–Crippen LogP) is 13.9. The molecule has 9 heteroatoms. The topological polar surface area (TPSA) is 57.4 Å². The van der Waals surface area contributed by atoms with Gasteiger partial charge in [-0.15, -0.1) is 0 Å². The van der Waals surface area contributed by atoms with Crippen LogP contribution in [0, 0.1) is 0 Å². The minimum atomic E-state index is 0. The van der Waals surface area contributed by atoms with Gasteiger partial charge in [-0.3, -0.25) is 0 Å². The molecule has 53 heavy (non-hydrogen) atoms. The van der Waals surface area contributed by atoms with Crippen molar-refractivity contribution < 1.29 is 17.1 Å². The van der Waals surface area contributed by atoms with E-state index in [1.165, 1.54) is 0 Å². The molecule has 2 aliphatic heterocycles. The van der Waals surface area contributed by atoms with E-state index in [1.807, 2.05) is 97.1 Å². The largest absolute Gasteiger partial charge is 2.00 e. The Morgan fingerprint density at radius 1 is 0.302 bits per heavy atom. The first-order valence-electron chi connectivity index (χ1n) is 16.6. The SMILES string of the molecule is Clc1ccc(-c2c3nc(c(-c4ccc(Cl)cc4)c4ccc([nH]4)c(-c4ccc(Cl)cc4)c4nc(c(-c5ccc(Cl)cc5)c5ccc2[nH]5)C=C4)C=C3)cc1.[Cu+2]. The smallest absolute Gasteiger partial charge is 0.354 e. The first kappa shape index (κ1) is 35.2. The molecule has 0 saturated carbocycles. The van der Waals surface area contributed by atoms with Crippen LogP contribution in [-0.2, 0) is 17.1 Å². The summed E-state index contributed by atoms with van der Waals surface area (Å²) in [6, 6.07) is 39.8. The van der Waals surface area contributed by atoms with Crippen molar-refractivity contribution >= 4 is 92.8 Å². The summed E-state index contributed by atoms with van der Waals surface area (Å²) in [5.74, 6) is 0. The van der Waals surface area contributed by atoms with E-state index < -0.39 is 0 Å². The van der Waals surface area contributed by atoms with Crippen molar-refractivity contribution in [2.45, 2.75) is 0 Å². The second kappa shape index (κ2) is 14.5. The zero-order valence-corrected chi connectivity index (χ0v) is 31.5. The first-order chi connectivity index (χ1) is 25.4. The molecule has 1 radical (unpaired) electrons. The van der Waals surface area contributed by atoms with Crippen LogP contribution >= 0.6 is 46.4 Å². The predicted molar refractivity (Wildman–Crippen MR) is 221 cm³/mol. The van der Waals surface area contributed by atoms with Gasteiger partial charge in [0.25, 0.3) is 0 Å². The van der Waals surface area contributed by atoms with Crippen LogP contribution in [0.2, 0.25) is 20.1 Å². The number of hydrogen-bond acceptors (Lipinski definition) is 2. The molecule has 0 fully saturated rings. The van der Waals surface area contributed by atoms with Gasteiger partial charge in [-0.25, -0.2) is 9.97 Å². The average Bonchev–Trinajstić information content (AvgIpc) is 3.99. The summed E-state index contributed by atoms with van der Waals surface area (Å²) in [7, 11) is 0. The molecule has 2 aliphatic rings. The molecule has 8 bridgehead atoms. The average molecular weight is 816 g/mol. The molecule has 9 rings (SSSR count). The summed E-state index contributed by atoms with van der Waals surface area (Å²) in [5.41, 5.74) is 14.5. The van der Waals surface area contributed by atoms with Crippen molar-refractivity contribution in [1.82, 2.24) is 19.9 Å². The number of hydrogen-bond donors (Lipinski definition) is 2. The Labute approximate surface area is 336 Å². The zero-order chi connectivity index (χ0) is 35.3. The summed E-state index contributed by atoms with van der Waals surface area (Å²) < 4.78 is 0. The molecule has 5 heterocycles. The fraction of sp³-hybridized carbons (Fsp3) is 0. The quantitative estimate of drug-likeness (QED) is 0.174. The second-order valence-corrected chi connectivity index (χ2v) is 14.3. The molecule has 3 aromatic heterocycles. The Morgan fingerprint density at radius 3 is 0.717 bits per heavy atom. The molecular weight excluding hydrogens is 790 g/mol. The Hall–Kier alpha value is -4.84. The monoisotopic (exact) mass is 813 g/mol. The number of nitrogens with one attached hydrogen (secondary N) is 2. The van der Waals surface area contributed by atoms with E-state index >= 15 is 0 Å². The Bertz CT molecular complexity index is 2370. The molecule has 0 saturated heterocycles. The van der Waals surface area contributed by atoms with Gasteiger partial charge in [0, 0.05) is 64.4 Å². The zero-order valence-electron chi connectivity index (χ0n) is 27.6. The maximum absolute atomic E-state index is 6.37. The minimum absolute atomic E-state index is 0. The third-order valence-corrected chi connectivity index (χ3v) is 10.3. The number of benzene rings is 4. The number of aromatic amines is 2. The molecule has 4 aromatic carbocycles. The van der Waals surface area contributed by atoms with E-state index in [2.05, 4.69) is 58.5 Å². The maximum Gasteiger partial charge on any atom is 2.00 e. The Balaban J connectivity index is 0.00000400. The van der Waals surface area contributed by atoms with E-state index in [1.54, 1.807) is 0 Å². The normalized spacial score (nSPS) is 11.8. The van der Waals surface area contributed by atoms with Crippen molar-refractivity contribution in [3.05, 3.63) is 164 Å². The van der Waals surface area contributed by atoms with Gasteiger partial charge in [-0.05, 0) is 119 Å². The van der Waals surface area contributed by atoms with E-state index in [9.17, 15) is 0 Å². The fourth-order valence-electron chi connectivity index (χ4n) is 6.89. The third-order valence-electron chi connectivity index (χ3n) is 9.29. The second-order valence-electron chi connectivity index (χ2n) is 12.5. The summed E-state index contributed by atoms with van der Waals surface area (Å²) >= 11 is 25.5. The van der Waals surface area contributed by atoms with Crippen LogP contribution in [0.25, 0.3) is 90.9 Å². The van der Waals surface area contributed by atoms with E-state index in [4.69, 9.17) is 56.4 Å². The van der Waals surface area contributed by atoms with E-state index in [0.29, 0.717) is 20.1 Å². The molecule has 4 nitrogen and oxygen atoms in total. The summed E-state index contributed by atoms with van der Waals surface area (Å²) in [5, 5.41) is 2.64. The van der Waals surface area contributed by atoms with E-state index in [-0.39, 0.29) is 17.1 Å². The summed E-state index contributed by atoms with van der Waals surface area (Å²) in [6.45, 7) is 0. The Kier molecular flexibility index (Phi) is 9.65. The van der Waals surface area contributed by atoms with Crippen LogP contribution < -0.4 is 0 Å². The number of rotatable bonds is 4. The van der Waals surface area contributed by atoms with Gasteiger partial charge in [0.15, 0.2) is 0 Å². The number of fused-ring (bicyclic) bond motifs is 8. The molecule has 0 aliphatic carbocycles. The number of H-pyrrole nitrogens is 2. The minimum Gasteiger partial charge on any atom is -0.354 e. The van der Waals surface area contributed by atoms with Gasteiger partial charge < -0.3 is 9.97 Å². The van der Waals surface area contributed by atoms with E-state index in [0.717, 1.165) is 89.4 Å². The van der Waals surface area contributed by atoms with Crippen molar-refractivity contribution in [1.29, 1.82) is 0 Å². The van der Waals surface area contributed by atoms with Gasteiger partial charge in [-0.1, -0.05) is 94.9 Å². The van der Waals surface area contributed by atoms with Crippen LogP contribution in [0.5, 0.6) is 0 Å². The van der Waals surface area contributed by atoms with Crippen LogP contribution in [0.15, 0.2) is 121 Å². The molecule has 0 atom stereocenters. The van der Waals surface area contributed by atoms with Crippen molar-refractivity contribution in [3.63, 3.8) is 0 Å². The third kappa shape index (κ3) is 6.77. The number of halogens is 4. The molecular formula is C44H26Cl4CuN4+2. The van der Waals surface area contributed by atoms with Crippen molar-refractivity contribution in [3.8, 4) is 44.5 Å². The van der Waals surface area contributed by atoms with Crippen LogP contribution in [0.4, 0.5) is 0 Å². The maximum atomic E-state index is 6.37. The Morgan fingerprint density at radius 2 is 0.509 bits per heavy atom. The van der Waals surface area contributed by atoms with Gasteiger partial charge in [0.1, 0.15) is 0 Å². The first-order valence-corrected chi connectivity index (χ1v) is 18.1. The molecule has 0 unspecified atom stereocenters. The van der Waals surface area contributed by atoms with Gasteiger partial charge in [0.05, 0.1) is 22.8 Å². The number of nitrogens with zero attached hydrogens (tertiary/aromatic N) is 2. The molecule has 0 amide bonds. The van der Waals surface area contributed by atoms with Crippen LogP contribution in [0.3, 0.4) is 0 Å². The fourth-order valence-corrected chi connectivity index (χ4v) is 7.39. The standard InChI is InChI=1S/C44H26Cl4N4.Cu/c45-29-9-1-25(2-10-29)41-33-17-19-35(49-33)42(26-3-11-30(46)12-4-26)37-21-23-39(51-37)44(28-7-15-32(48)16-8-28)40-24-22-38(52-40)43(36-20-18-34(41)50-36)27-5-13-31(47)14-6-27;/h1-24,49,52H;/q;+2. The molecule has 259 valence electrons. The van der Waals surface area contributed by atoms with Crippen LogP contribution in [-0.4, -0.2) is 19.9 Å². The summed E-state index contributed by atoms with van der Waals surface area (Å²) in [4.78, 5) is 18.1. The van der Waals surface area contributed by atoms with Crippen molar-refractivity contribution in [2.75, 3.05) is 0 Å². The van der Waals surface area contributed by atoms with Gasteiger partial charge in [0.2, 0.25) is 0 Å².